The molecule has 1 N–H and O–H groups in total. The fourth-order valence-electron chi connectivity index (χ4n) is 3.84. The molecule has 10 heteroatoms. The Labute approximate surface area is 234 Å². The molecule has 0 aliphatic rings. The summed E-state index contributed by atoms with van der Waals surface area (Å²) in [6.07, 6.45) is 3.94. The SMILES string of the molecule is CCCCc1nc2ccc(Br)cc2c(=O)n1N=Cc1ccc(N(C)C)cc1OCC(=O)Nc1ccc(F)cc1. The van der Waals surface area contributed by atoms with Gasteiger partial charge >= 0.3 is 0 Å². The van der Waals surface area contributed by atoms with E-state index in [0.717, 1.165) is 23.0 Å². The van der Waals surface area contributed by atoms with Crippen LogP contribution in [-0.2, 0) is 11.2 Å². The topological polar surface area (TPSA) is 88.8 Å². The summed E-state index contributed by atoms with van der Waals surface area (Å²) in [6.45, 7) is 1.80. The molecule has 0 saturated heterocycles. The van der Waals surface area contributed by atoms with Gasteiger partial charge in [0.05, 0.1) is 17.1 Å². The molecule has 0 bridgehead atoms. The Hall–Kier alpha value is -4.05. The molecule has 4 aromatic rings. The summed E-state index contributed by atoms with van der Waals surface area (Å²) in [5.74, 6) is 0.194. The van der Waals surface area contributed by atoms with Crippen molar-refractivity contribution < 1.29 is 13.9 Å². The summed E-state index contributed by atoms with van der Waals surface area (Å²) < 4.78 is 21.1. The minimum atomic E-state index is -0.401. The predicted molar refractivity (Wildman–Crippen MR) is 157 cm³/mol. The van der Waals surface area contributed by atoms with Gasteiger partial charge in [-0.15, -0.1) is 0 Å². The van der Waals surface area contributed by atoms with E-state index in [4.69, 9.17) is 9.72 Å². The standard InChI is InChI=1S/C29H29BrFN5O3/c1-4-5-6-27-34-25-14-8-20(30)15-24(25)29(38)36(27)32-17-19-7-13-23(35(2)3)16-26(19)39-18-28(37)33-22-11-9-21(31)10-12-22/h7-17H,4-6,18H2,1-3H3,(H,33,37). The van der Waals surface area contributed by atoms with Gasteiger partial charge in [0.2, 0.25) is 0 Å². The molecular weight excluding hydrogens is 565 g/mol. The van der Waals surface area contributed by atoms with Crippen LogP contribution >= 0.6 is 15.9 Å². The van der Waals surface area contributed by atoms with Crippen LogP contribution in [-0.4, -0.2) is 42.5 Å². The van der Waals surface area contributed by atoms with Crippen LogP contribution in [0.4, 0.5) is 15.8 Å². The molecular formula is C29H29BrFN5O3. The van der Waals surface area contributed by atoms with Crippen LogP contribution in [0.25, 0.3) is 10.9 Å². The lowest BCUT2D eigenvalue weighted by Crippen LogP contribution is -2.23. The Balaban J connectivity index is 1.65. The van der Waals surface area contributed by atoms with Crippen molar-refractivity contribution in [2.75, 3.05) is 30.9 Å². The average Bonchev–Trinajstić information content (AvgIpc) is 2.92. The second-order valence-electron chi connectivity index (χ2n) is 9.11. The van der Waals surface area contributed by atoms with Gasteiger partial charge < -0.3 is 15.0 Å². The number of unbranched alkanes of at least 4 members (excludes halogenated alkanes) is 1. The van der Waals surface area contributed by atoms with Crippen LogP contribution in [0.5, 0.6) is 5.75 Å². The maximum atomic E-state index is 13.4. The molecule has 1 heterocycles. The van der Waals surface area contributed by atoms with E-state index in [1.165, 1.54) is 35.2 Å². The van der Waals surface area contributed by atoms with Gasteiger partial charge in [-0.05, 0) is 61.0 Å². The molecule has 1 aromatic heterocycles. The fraction of sp³-hybridized carbons (Fsp3) is 0.241. The smallest absolute Gasteiger partial charge is 0.282 e. The van der Waals surface area contributed by atoms with Crippen LogP contribution in [0, 0.1) is 5.82 Å². The molecule has 0 unspecified atom stereocenters. The van der Waals surface area contributed by atoms with Gasteiger partial charge in [-0.3, -0.25) is 9.59 Å². The molecule has 0 aliphatic heterocycles. The number of ether oxygens (including phenoxy) is 1. The van der Waals surface area contributed by atoms with Crippen molar-refractivity contribution in [3.63, 3.8) is 0 Å². The van der Waals surface area contributed by atoms with Crippen molar-refractivity contribution in [1.29, 1.82) is 0 Å². The minimum absolute atomic E-state index is 0.269. The number of hydrogen-bond donors (Lipinski definition) is 1. The number of aryl methyl sites for hydroxylation is 1. The third-order valence-corrected chi connectivity index (χ3v) is 6.44. The van der Waals surface area contributed by atoms with Gasteiger partial charge in [0, 0.05) is 48.0 Å². The van der Waals surface area contributed by atoms with Crippen molar-refractivity contribution in [3.8, 4) is 5.75 Å². The molecule has 8 nitrogen and oxygen atoms in total. The van der Waals surface area contributed by atoms with E-state index >= 15 is 0 Å². The zero-order valence-electron chi connectivity index (χ0n) is 21.9. The van der Waals surface area contributed by atoms with Crippen molar-refractivity contribution >= 4 is 50.3 Å². The number of anilines is 2. The number of nitrogens with zero attached hydrogens (tertiary/aromatic N) is 4. The molecule has 0 radical (unpaired) electrons. The first-order valence-electron chi connectivity index (χ1n) is 12.5. The van der Waals surface area contributed by atoms with Crippen LogP contribution in [0.3, 0.4) is 0 Å². The van der Waals surface area contributed by atoms with Gasteiger partial charge in [0.25, 0.3) is 11.5 Å². The summed E-state index contributed by atoms with van der Waals surface area (Å²) in [5, 5.41) is 7.65. The van der Waals surface area contributed by atoms with E-state index in [2.05, 4.69) is 33.3 Å². The quantitative estimate of drug-likeness (QED) is 0.242. The first-order chi connectivity index (χ1) is 18.7. The van der Waals surface area contributed by atoms with Crippen molar-refractivity contribution in [3.05, 3.63) is 92.7 Å². The lowest BCUT2D eigenvalue weighted by Gasteiger charge is -2.16. The molecule has 0 spiro atoms. The molecule has 1 amide bonds. The lowest BCUT2D eigenvalue weighted by atomic mass is 10.2. The number of carbonyl (C=O) groups is 1. The van der Waals surface area contributed by atoms with Crippen molar-refractivity contribution in [1.82, 2.24) is 9.66 Å². The number of rotatable bonds is 10. The highest BCUT2D eigenvalue weighted by molar-refractivity contribution is 9.10. The van der Waals surface area contributed by atoms with E-state index in [-0.39, 0.29) is 18.0 Å². The third-order valence-electron chi connectivity index (χ3n) is 5.94. The Bertz CT molecular complexity index is 1570. The highest BCUT2D eigenvalue weighted by Crippen LogP contribution is 2.24. The van der Waals surface area contributed by atoms with Crippen molar-refractivity contribution in [2.24, 2.45) is 5.10 Å². The van der Waals surface area contributed by atoms with Crippen LogP contribution in [0.15, 0.2) is 75.0 Å². The van der Waals surface area contributed by atoms with Crippen LogP contribution in [0.1, 0.15) is 31.2 Å². The lowest BCUT2D eigenvalue weighted by molar-refractivity contribution is -0.118. The summed E-state index contributed by atoms with van der Waals surface area (Å²) in [7, 11) is 3.79. The molecule has 0 fully saturated rings. The predicted octanol–water partition coefficient (Wildman–Crippen LogP) is 5.61. The third kappa shape index (κ3) is 7.08. The molecule has 0 saturated carbocycles. The molecule has 3 aromatic carbocycles. The number of fused-ring (bicyclic) bond motifs is 1. The van der Waals surface area contributed by atoms with E-state index in [1.807, 2.05) is 43.3 Å². The number of benzene rings is 3. The molecule has 0 aliphatic carbocycles. The Morgan fingerprint density at radius 2 is 1.92 bits per heavy atom. The second kappa shape index (κ2) is 12.7. The minimum Gasteiger partial charge on any atom is -0.483 e. The highest BCUT2D eigenvalue weighted by atomic mass is 79.9. The zero-order valence-corrected chi connectivity index (χ0v) is 23.5. The number of nitrogens with one attached hydrogen (secondary N) is 1. The normalized spacial score (nSPS) is 11.2. The first kappa shape index (κ1) is 28.0. The van der Waals surface area contributed by atoms with Gasteiger partial charge in [0.1, 0.15) is 17.4 Å². The average molecular weight is 594 g/mol. The largest absolute Gasteiger partial charge is 0.483 e. The second-order valence-corrected chi connectivity index (χ2v) is 10.0. The Kier molecular flexibility index (Phi) is 9.08. The molecule has 202 valence electrons. The maximum Gasteiger partial charge on any atom is 0.282 e. The highest BCUT2D eigenvalue weighted by Gasteiger charge is 2.13. The van der Waals surface area contributed by atoms with Crippen molar-refractivity contribution in [2.45, 2.75) is 26.2 Å². The Morgan fingerprint density at radius 3 is 2.64 bits per heavy atom. The van der Waals surface area contributed by atoms with Gasteiger partial charge in [0.15, 0.2) is 6.61 Å². The number of halogens is 2. The summed E-state index contributed by atoms with van der Waals surface area (Å²) in [4.78, 5) is 32.5. The monoisotopic (exact) mass is 593 g/mol. The first-order valence-corrected chi connectivity index (χ1v) is 13.3. The number of hydrogen-bond acceptors (Lipinski definition) is 6. The van der Waals surface area contributed by atoms with E-state index in [1.54, 1.807) is 12.1 Å². The summed E-state index contributed by atoms with van der Waals surface area (Å²) in [5.41, 5.74) is 2.25. The molecule has 4 rings (SSSR count). The van der Waals surface area contributed by atoms with Gasteiger partial charge in [-0.25, -0.2) is 9.37 Å². The van der Waals surface area contributed by atoms with Gasteiger partial charge in [-0.1, -0.05) is 29.3 Å². The zero-order chi connectivity index (χ0) is 27.9. The van der Waals surface area contributed by atoms with E-state index < -0.39 is 5.91 Å². The maximum absolute atomic E-state index is 13.4. The van der Waals surface area contributed by atoms with Gasteiger partial charge in [-0.2, -0.15) is 9.78 Å². The number of amides is 1. The number of aromatic nitrogens is 2. The van der Waals surface area contributed by atoms with Crippen LogP contribution in [0.2, 0.25) is 0 Å². The summed E-state index contributed by atoms with van der Waals surface area (Å²) >= 11 is 3.42. The van der Waals surface area contributed by atoms with Crippen LogP contribution < -0.4 is 20.5 Å². The Morgan fingerprint density at radius 1 is 1.15 bits per heavy atom. The fourth-order valence-corrected chi connectivity index (χ4v) is 4.20. The van der Waals surface area contributed by atoms with E-state index in [0.29, 0.717) is 40.1 Å². The molecule has 39 heavy (non-hydrogen) atoms. The number of carbonyl (C=O) groups excluding carboxylic acids is 1. The summed E-state index contributed by atoms with van der Waals surface area (Å²) in [6, 6.07) is 16.4. The molecule has 0 atom stereocenters. The van der Waals surface area contributed by atoms with E-state index in [9.17, 15) is 14.0 Å².